The average molecular weight is 494 g/mol. The molecule has 10 nitrogen and oxygen atoms in total. The van der Waals surface area contributed by atoms with Gasteiger partial charge in [-0.1, -0.05) is 42.5 Å². The number of para-hydroxylation sites is 2. The molecule has 4 rings (SSSR count). The van der Waals surface area contributed by atoms with Crippen molar-refractivity contribution in [3.63, 3.8) is 0 Å². The molecule has 0 bridgehead atoms. The quantitative estimate of drug-likeness (QED) is 0.461. The maximum atomic E-state index is 12.6. The fourth-order valence-electron chi connectivity index (χ4n) is 3.43. The first-order valence-electron chi connectivity index (χ1n) is 11.0. The van der Waals surface area contributed by atoms with Crippen LogP contribution in [-0.2, 0) is 32.1 Å². The van der Waals surface area contributed by atoms with Crippen LogP contribution in [0.5, 0.6) is 0 Å². The van der Waals surface area contributed by atoms with Crippen LogP contribution in [-0.4, -0.2) is 40.4 Å². The number of amides is 3. The van der Waals surface area contributed by atoms with E-state index in [9.17, 15) is 19.2 Å². The summed E-state index contributed by atoms with van der Waals surface area (Å²) in [4.78, 5) is 50.4. The first kappa shape index (κ1) is 24.0. The van der Waals surface area contributed by atoms with Crippen molar-refractivity contribution in [2.24, 2.45) is 0 Å². The fraction of sp³-hybridized carbons (Fsp3) is 0.250. The molecule has 0 unspecified atom stereocenters. The number of ether oxygens (including phenoxy) is 1. The molecular formula is C24H23N5O5S. The zero-order chi connectivity index (χ0) is 24.8. The lowest BCUT2D eigenvalue weighted by molar-refractivity contribution is -0.146. The summed E-state index contributed by atoms with van der Waals surface area (Å²) >= 11 is 1.02. The number of benzene rings is 2. The molecule has 0 radical (unpaired) electrons. The Labute approximate surface area is 205 Å². The topological polar surface area (TPSA) is 131 Å². The highest BCUT2D eigenvalue weighted by atomic mass is 32.1. The van der Waals surface area contributed by atoms with Crippen molar-refractivity contribution in [3.05, 3.63) is 64.1 Å². The zero-order valence-electron chi connectivity index (χ0n) is 18.9. The number of nitrogens with zero attached hydrogens (tertiary/aromatic N) is 3. The number of rotatable bonds is 8. The van der Waals surface area contributed by atoms with Gasteiger partial charge in [-0.3, -0.25) is 19.2 Å². The number of anilines is 3. The number of esters is 1. The van der Waals surface area contributed by atoms with Crippen LogP contribution < -0.4 is 15.5 Å². The highest BCUT2D eigenvalue weighted by Gasteiger charge is 2.26. The lowest BCUT2D eigenvalue weighted by atomic mass is 10.1. The van der Waals surface area contributed by atoms with Gasteiger partial charge in [-0.05, 0) is 36.2 Å². The van der Waals surface area contributed by atoms with E-state index in [0.717, 1.165) is 23.3 Å². The Bertz CT molecular complexity index is 1260. The van der Waals surface area contributed by atoms with Crippen molar-refractivity contribution >= 4 is 52.1 Å². The Morgan fingerprint density at radius 3 is 2.63 bits per heavy atom. The maximum absolute atomic E-state index is 12.6. The predicted molar refractivity (Wildman–Crippen MR) is 130 cm³/mol. The van der Waals surface area contributed by atoms with Gasteiger partial charge in [-0.2, -0.15) is 0 Å². The molecule has 3 aromatic rings. The van der Waals surface area contributed by atoms with E-state index in [4.69, 9.17) is 4.74 Å². The summed E-state index contributed by atoms with van der Waals surface area (Å²) in [7, 11) is 0. The first-order chi connectivity index (χ1) is 16.9. The minimum atomic E-state index is -0.592. The molecule has 0 spiro atoms. The van der Waals surface area contributed by atoms with Gasteiger partial charge in [0, 0.05) is 12.1 Å². The maximum Gasteiger partial charge on any atom is 0.306 e. The van der Waals surface area contributed by atoms with Gasteiger partial charge in [0.25, 0.3) is 5.91 Å². The summed E-state index contributed by atoms with van der Waals surface area (Å²) in [6, 6.07) is 14.5. The molecule has 180 valence electrons. The van der Waals surface area contributed by atoms with E-state index < -0.39 is 11.9 Å². The molecule has 1 aliphatic rings. The first-order valence-corrected chi connectivity index (χ1v) is 11.8. The normalized spacial score (nSPS) is 12.5. The third-order valence-electron chi connectivity index (χ3n) is 5.25. The predicted octanol–water partition coefficient (Wildman–Crippen LogP) is 3.16. The molecule has 1 aliphatic heterocycles. The summed E-state index contributed by atoms with van der Waals surface area (Å²) in [6.07, 6.45) is 0.643. The standard InChI is InChI=1S/C24H23N5O5S/c1-2-15-7-9-16(10-8-15)25-23(33)24-28-27-20(35-24)14-34-22(32)12-11-21(31)29-13-19(30)26-17-5-3-4-6-18(17)29/h3-10H,2,11-14H2,1H3,(H,25,33)(H,26,30). The minimum absolute atomic E-state index is 0.108. The SMILES string of the molecule is CCc1ccc(NC(=O)c2nnc(COC(=O)CCC(=O)N3CC(=O)Nc4ccccc43)s2)cc1. The summed E-state index contributed by atoms with van der Waals surface area (Å²) < 4.78 is 5.18. The summed E-state index contributed by atoms with van der Waals surface area (Å²) in [6.45, 7) is 1.79. The largest absolute Gasteiger partial charge is 0.458 e. The summed E-state index contributed by atoms with van der Waals surface area (Å²) in [5.74, 6) is -1.65. The molecule has 2 heterocycles. The van der Waals surface area contributed by atoms with Gasteiger partial charge < -0.3 is 20.3 Å². The van der Waals surface area contributed by atoms with Crippen LogP contribution in [0.2, 0.25) is 0 Å². The van der Waals surface area contributed by atoms with Gasteiger partial charge in [0.15, 0.2) is 5.01 Å². The molecule has 0 saturated carbocycles. The van der Waals surface area contributed by atoms with E-state index in [2.05, 4.69) is 27.8 Å². The van der Waals surface area contributed by atoms with Crippen LogP contribution in [0.15, 0.2) is 48.5 Å². The Hall–Kier alpha value is -4.12. The van der Waals surface area contributed by atoms with Crippen molar-refractivity contribution in [1.82, 2.24) is 10.2 Å². The number of hydrogen-bond donors (Lipinski definition) is 2. The van der Waals surface area contributed by atoms with Gasteiger partial charge in [-0.15, -0.1) is 10.2 Å². The van der Waals surface area contributed by atoms with E-state index >= 15 is 0 Å². The van der Waals surface area contributed by atoms with Crippen LogP contribution in [0.4, 0.5) is 17.1 Å². The molecule has 0 atom stereocenters. The third kappa shape index (κ3) is 6.07. The second-order valence-corrected chi connectivity index (χ2v) is 8.77. The summed E-state index contributed by atoms with van der Waals surface area (Å²) in [5, 5.41) is 13.7. The number of nitrogens with one attached hydrogen (secondary N) is 2. The number of carbonyl (C=O) groups is 4. The van der Waals surface area contributed by atoms with Crippen LogP contribution in [0, 0.1) is 0 Å². The van der Waals surface area contributed by atoms with E-state index in [1.807, 2.05) is 24.3 Å². The molecule has 0 fully saturated rings. The second kappa shape index (κ2) is 10.9. The van der Waals surface area contributed by atoms with E-state index in [0.29, 0.717) is 22.1 Å². The third-order valence-corrected chi connectivity index (χ3v) is 6.15. The highest BCUT2D eigenvalue weighted by Crippen LogP contribution is 2.29. The average Bonchev–Trinajstić information content (AvgIpc) is 3.35. The Morgan fingerprint density at radius 2 is 1.86 bits per heavy atom. The number of aryl methyl sites for hydroxylation is 1. The molecular weight excluding hydrogens is 470 g/mol. The van der Waals surface area contributed by atoms with Gasteiger partial charge in [0.1, 0.15) is 13.2 Å². The van der Waals surface area contributed by atoms with Crippen LogP contribution >= 0.6 is 11.3 Å². The van der Waals surface area contributed by atoms with E-state index in [-0.39, 0.29) is 42.8 Å². The van der Waals surface area contributed by atoms with Crippen molar-refractivity contribution in [2.45, 2.75) is 32.8 Å². The minimum Gasteiger partial charge on any atom is -0.458 e. The van der Waals surface area contributed by atoms with Crippen LogP contribution in [0.1, 0.15) is 40.1 Å². The number of carbonyl (C=O) groups excluding carboxylic acids is 4. The lowest BCUT2D eigenvalue weighted by Crippen LogP contribution is -2.42. The van der Waals surface area contributed by atoms with Gasteiger partial charge in [0.05, 0.1) is 17.8 Å². The van der Waals surface area contributed by atoms with Crippen molar-refractivity contribution < 1.29 is 23.9 Å². The molecule has 2 aromatic carbocycles. The second-order valence-electron chi connectivity index (χ2n) is 7.71. The Morgan fingerprint density at radius 1 is 1.09 bits per heavy atom. The number of hydrogen-bond acceptors (Lipinski definition) is 8. The zero-order valence-corrected chi connectivity index (χ0v) is 19.8. The molecule has 1 aromatic heterocycles. The van der Waals surface area contributed by atoms with Crippen LogP contribution in [0.25, 0.3) is 0 Å². The molecule has 35 heavy (non-hydrogen) atoms. The van der Waals surface area contributed by atoms with Crippen molar-refractivity contribution in [3.8, 4) is 0 Å². The monoisotopic (exact) mass is 493 g/mol. The van der Waals surface area contributed by atoms with Gasteiger partial charge >= 0.3 is 5.97 Å². The van der Waals surface area contributed by atoms with Crippen LogP contribution in [0.3, 0.4) is 0 Å². The molecule has 3 amide bonds. The molecule has 0 saturated heterocycles. The smallest absolute Gasteiger partial charge is 0.306 e. The van der Waals surface area contributed by atoms with E-state index in [1.165, 1.54) is 4.90 Å². The van der Waals surface area contributed by atoms with Crippen molar-refractivity contribution in [2.75, 3.05) is 22.1 Å². The Kier molecular flexibility index (Phi) is 7.46. The number of aromatic nitrogens is 2. The highest BCUT2D eigenvalue weighted by molar-refractivity contribution is 7.13. The van der Waals surface area contributed by atoms with Gasteiger partial charge in [-0.25, -0.2) is 0 Å². The number of fused-ring (bicyclic) bond motifs is 1. The van der Waals surface area contributed by atoms with Crippen molar-refractivity contribution in [1.29, 1.82) is 0 Å². The lowest BCUT2D eigenvalue weighted by Gasteiger charge is -2.29. The molecule has 2 N–H and O–H groups in total. The molecule has 0 aliphatic carbocycles. The van der Waals surface area contributed by atoms with E-state index in [1.54, 1.807) is 24.3 Å². The summed E-state index contributed by atoms with van der Waals surface area (Å²) in [5.41, 5.74) is 2.95. The molecule has 11 heteroatoms. The Balaban J connectivity index is 1.25. The van der Waals surface area contributed by atoms with Gasteiger partial charge in [0.2, 0.25) is 16.8 Å². The fourth-order valence-corrected chi connectivity index (χ4v) is 4.07.